The molecule has 2 aromatic carbocycles. The summed E-state index contributed by atoms with van der Waals surface area (Å²) in [6, 6.07) is 14.6. The Bertz CT molecular complexity index is 847. The van der Waals surface area contributed by atoms with E-state index < -0.39 is 10.0 Å². The normalized spacial score (nSPS) is 11.3. The maximum atomic E-state index is 12.3. The van der Waals surface area contributed by atoms with E-state index in [1.807, 2.05) is 44.2 Å². The molecule has 2 aromatic rings. The number of nitrogens with one attached hydrogen (secondary N) is 1. The molecule has 0 spiro atoms. The first-order valence-electron chi connectivity index (χ1n) is 8.16. The third kappa shape index (κ3) is 5.41. The van der Waals surface area contributed by atoms with Crippen molar-refractivity contribution in [2.45, 2.75) is 32.2 Å². The van der Waals surface area contributed by atoms with Gasteiger partial charge in [-0.2, -0.15) is 0 Å². The third-order valence-corrected chi connectivity index (χ3v) is 5.50. The highest BCUT2D eigenvalue weighted by atomic mass is 32.2. The molecule has 0 aliphatic rings. The summed E-state index contributed by atoms with van der Waals surface area (Å²) in [5.41, 5.74) is 3.04. The van der Waals surface area contributed by atoms with Gasteiger partial charge in [0.25, 0.3) is 0 Å². The summed E-state index contributed by atoms with van der Waals surface area (Å²) >= 11 is 0. The first-order chi connectivity index (χ1) is 11.8. The molecule has 0 bridgehead atoms. The molecule has 0 unspecified atom stereocenters. The average molecular weight is 360 g/mol. The van der Waals surface area contributed by atoms with Crippen LogP contribution in [0, 0.1) is 13.8 Å². The number of benzene rings is 2. The molecular formula is C19H24N2O3S. The van der Waals surface area contributed by atoms with Crippen LogP contribution in [-0.4, -0.2) is 32.3 Å². The maximum Gasteiger partial charge on any atom is 0.240 e. The Morgan fingerprint density at radius 1 is 1.08 bits per heavy atom. The topological polar surface area (TPSA) is 66.5 Å². The van der Waals surface area contributed by atoms with Gasteiger partial charge in [-0.05, 0) is 42.7 Å². The molecule has 0 atom stereocenters. The van der Waals surface area contributed by atoms with Crippen LogP contribution in [0.4, 0.5) is 0 Å². The van der Waals surface area contributed by atoms with Crippen molar-refractivity contribution in [2.75, 3.05) is 13.1 Å². The van der Waals surface area contributed by atoms with E-state index in [0.717, 1.165) is 16.7 Å². The van der Waals surface area contributed by atoms with E-state index in [0.29, 0.717) is 13.1 Å². The molecule has 1 amide bonds. The molecule has 0 fully saturated rings. The van der Waals surface area contributed by atoms with E-state index >= 15 is 0 Å². The van der Waals surface area contributed by atoms with Crippen LogP contribution in [0.3, 0.4) is 0 Å². The summed E-state index contributed by atoms with van der Waals surface area (Å²) in [6.07, 6.45) is 0. The predicted octanol–water partition coefficient (Wildman–Crippen LogP) is 2.63. The van der Waals surface area contributed by atoms with Gasteiger partial charge in [-0.25, -0.2) is 13.1 Å². The molecule has 2 rings (SSSR count). The minimum absolute atomic E-state index is 0.0852. The number of nitrogens with zero attached hydrogens (tertiary/aromatic N) is 1. The van der Waals surface area contributed by atoms with Crippen molar-refractivity contribution in [1.29, 1.82) is 0 Å². The zero-order chi connectivity index (χ0) is 18.4. The zero-order valence-electron chi connectivity index (χ0n) is 14.8. The lowest BCUT2D eigenvalue weighted by Crippen LogP contribution is -2.37. The minimum Gasteiger partial charge on any atom is -0.337 e. The molecule has 5 nitrogen and oxygen atoms in total. The molecule has 0 saturated heterocycles. The van der Waals surface area contributed by atoms with Crippen molar-refractivity contribution in [2.24, 2.45) is 0 Å². The number of amides is 1. The fraction of sp³-hybridized carbons (Fsp3) is 0.316. The Balaban J connectivity index is 2.00. The van der Waals surface area contributed by atoms with Crippen molar-refractivity contribution in [3.8, 4) is 0 Å². The third-order valence-electron chi connectivity index (χ3n) is 4.04. The number of hydrogen-bond acceptors (Lipinski definition) is 3. The molecular weight excluding hydrogens is 336 g/mol. The van der Waals surface area contributed by atoms with E-state index in [1.165, 1.54) is 6.92 Å². The van der Waals surface area contributed by atoms with Crippen molar-refractivity contribution in [3.63, 3.8) is 0 Å². The monoisotopic (exact) mass is 360 g/mol. The maximum absolute atomic E-state index is 12.3. The lowest BCUT2D eigenvalue weighted by molar-refractivity contribution is -0.129. The van der Waals surface area contributed by atoms with Crippen LogP contribution in [0.5, 0.6) is 0 Å². The lowest BCUT2D eigenvalue weighted by Gasteiger charge is -2.22. The summed E-state index contributed by atoms with van der Waals surface area (Å²) in [4.78, 5) is 13.8. The Morgan fingerprint density at radius 2 is 1.80 bits per heavy atom. The second-order valence-electron chi connectivity index (χ2n) is 6.08. The highest BCUT2D eigenvalue weighted by molar-refractivity contribution is 7.89. The molecule has 0 aliphatic heterocycles. The number of carbonyl (C=O) groups is 1. The molecule has 0 aromatic heterocycles. The van der Waals surface area contributed by atoms with E-state index in [1.54, 1.807) is 23.1 Å². The SMILES string of the molecule is CC(=O)N(CCNS(=O)(=O)c1cccc(C)c1)Cc1ccccc1C. The predicted molar refractivity (Wildman–Crippen MR) is 98.6 cm³/mol. The largest absolute Gasteiger partial charge is 0.337 e. The quantitative estimate of drug-likeness (QED) is 0.825. The van der Waals surface area contributed by atoms with E-state index in [-0.39, 0.29) is 17.3 Å². The molecule has 6 heteroatoms. The van der Waals surface area contributed by atoms with Gasteiger partial charge < -0.3 is 4.90 Å². The summed E-state index contributed by atoms with van der Waals surface area (Å²) in [5.74, 6) is -0.0852. The molecule has 1 N–H and O–H groups in total. The van der Waals surface area contributed by atoms with Gasteiger partial charge in [0.1, 0.15) is 0 Å². The van der Waals surface area contributed by atoms with Gasteiger partial charge in [-0.3, -0.25) is 4.79 Å². The molecule has 0 radical (unpaired) electrons. The van der Waals surface area contributed by atoms with Crippen molar-refractivity contribution in [1.82, 2.24) is 9.62 Å². The van der Waals surface area contributed by atoms with Gasteiger partial charge in [0.2, 0.25) is 15.9 Å². The summed E-state index contributed by atoms with van der Waals surface area (Å²) in [6.45, 7) is 6.28. The Labute approximate surface area is 149 Å². The van der Waals surface area contributed by atoms with E-state index in [2.05, 4.69) is 4.72 Å². The lowest BCUT2D eigenvalue weighted by atomic mass is 10.1. The Kier molecular flexibility index (Phi) is 6.33. The van der Waals surface area contributed by atoms with E-state index in [4.69, 9.17) is 0 Å². The van der Waals surface area contributed by atoms with Crippen molar-refractivity contribution < 1.29 is 13.2 Å². The standard InChI is InChI=1S/C19H24N2O3S/c1-15-7-6-10-19(13-15)25(23,24)20-11-12-21(17(3)22)14-18-9-5-4-8-16(18)2/h4-10,13,20H,11-12,14H2,1-3H3. The Hall–Kier alpha value is -2.18. The smallest absolute Gasteiger partial charge is 0.240 e. The second kappa shape index (κ2) is 8.27. The second-order valence-corrected chi connectivity index (χ2v) is 7.85. The van der Waals surface area contributed by atoms with Crippen LogP contribution >= 0.6 is 0 Å². The van der Waals surface area contributed by atoms with Gasteiger partial charge in [0.05, 0.1) is 4.90 Å². The van der Waals surface area contributed by atoms with Crippen molar-refractivity contribution >= 4 is 15.9 Å². The van der Waals surface area contributed by atoms with Crippen LogP contribution in [0.2, 0.25) is 0 Å². The number of sulfonamides is 1. The van der Waals surface area contributed by atoms with Gasteiger partial charge in [0.15, 0.2) is 0 Å². The molecule has 25 heavy (non-hydrogen) atoms. The summed E-state index contributed by atoms with van der Waals surface area (Å²) < 4.78 is 27.2. The fourth-order valence-electron chi connectivity index (χ4n) is 2.52. The number of rotatable bonds is 7. The van der Waals surface area contributed by atoms with Crippen LogP contribution in [0.25, 0.3) is 0 Å². The molecule has 0 heterocycles. The Morgan fingerprint density at radius 3 is 2.44 bits per heavy atom. The minimum atomic E-state index is -3.57. The van der Waals surface area contributed by atoms with Gasteiger partial charge in [-0.1, -0.05) is 36.4 Å². The van der Waals surface area contributed by atoms with Gasteiger partial charge >= 0.3 is 0 Å². The van der Waals surface area contributed by atoms with Gasteiger partial charge in [-0.15, -0.1) is 0 Å². The number of carbonyl (C=O) groups excluding carboxylic acids is 1. The van der Waals surface area contributed by atoms with Crippen LogP contribution in [0.1, 0.15) is 23.6 Å². The highest BCUT2D eigenvalue weighted by Gasteiger charge is 2.16. The number of hydrogen-bond donors (Lipinski definition) is 1. The van der Waals surface area contributed by atoms with Crippen LogP contribution in [-0.2, 0) is 21.4 Å². The molecule has 0 aliphatic carbocycles. The first kappa shape index (κ1) is 19.1. The average Bonchev–Trinajstić information content (AvgIpc) is 2.55. The fourth-order valence-corrected chi connectivity index (χ4v) is 3.65. The number of aryl methyl sites for hydroxylation is 2. The van der Waals surface area contributed by atoms with Crippen molar-refractivity contribution in [3.05, 3.63) is 65.2 Å². The summed E-state index contributed by atoms with van der Waals surface area (Å²) in [5, 5.41) is 0. The highest BCUT2D eigenvalue weighted by Crippen LogP contribution is 2.12. The molecule has 134 valence electrons. The van der Waals surface area contributed by atoms with Crippen LogP contribution < -0.4 is 4.72 Å². The first-order valence-corrected chi connectivity index (χ1v) is 9.64. The van der Waals surface area contributed by atoms with Gasteiger partial charge in [0, 0.05) is 26.6 Å². The summed E-state index contributed by atoms with van der Waals surface area (Å²) in [7, 11) is -3.57. The molecule has 0 saturated carbocycles. The zero-order valence-corrected chi connectivity index (χ0v) is 15.6. The van der Waals surface area contributed by atoms with Crippen LogP contribution in [0.15, 0.2) is 53.4 Å². The van der Waals surface area contributed by atoms with E-state index in [9.17, 15) is 13.2 Å².